The van der Waals surface area contributed by atoms with Gasteiger partial charge in [0.1, 0.15) is 11.5 Å². The van der Waals surface area contributed by atoms with Gasteiger partial charge < -0.3 is 4.90 Å². The second-order valence-electron chi connectivity index (χ2n) is 6.59. The first-order chi connectivity index (χ1) is 12.2. The maximum absolute atomic E-state index is 12.6. The highest BCUT2D eigenvalue weighted by Crippen LogP contribution is 2.25. The number of aryl methyl sites for hydroxylation is 1. The highest BCUT2D eigenvalue weighted by atomic mass is 16.2. The summed E-state index contributed by atoms with van der Waals surface area (Å²) in [6.07, 6.45) is 5.51. The lowest BCUT2D eigenvalue weighted by Gasteiger charge is -2.16. The number of pyridine rings is 1. The number of rotatable bonds is 3. The van der Waals surface area contributed by atoms with Crippen molar-refractivity contribution in [2.75, 3.05) is 13.1 Å². The molecule has 1 aromatic carbocycles. The summed E-state index contributed by atoms with van der Waals surface area (Å²) >= 11 is 0. The van der Waals surface area contributed by atoms with E-state index in [0.29, 0.717) is 17.4 Å². The Morgan fingerprint density at radius 3 is 2.88 bits per heavy atom. The number of hydrogen-bond donors (Lipinski definition) is 0. The maximum atomic E-state index is 12.6. The van der Waals surface area contributed by atoms with Crippen LogP contribution in [-0.4, -0.2) is 38.8 Å². The van der Waals surface area contributed by atoms with Crippen LogP contribution in [0.2, 0.25) is 0 Å². The van der Waals surface area contributed by atoms with Crippen LogP contribution in [0, 0.1) is 12.8 Å². The fourth-order valence-electron chi connectivity index (χ4n) is 3.57. The van der Waals surface area contributed by atoms with E-state index in [0.717, 1.165) is 31.4 Å². The number of para-hydroxylation sites is 1. The average molecular weight is 332 g/mol. The Kier molecular flexibility index (Phi) is 4.14. The quantitative estimate of drug-likeness (QED) is 0.740. The minimum atomic E-state index is 0.00702. The van der Waals surface area contributed by atoms with Gasteiger partial charge in [-0.15, -0.1) is 0 Å². The standard InChI is InChI=1S/C20H20N4O/c1-14-21-10-7-19(23-14)20(25)24-11-8-15(13-24)12-16-6-9-22-18-5-3-2-4-17(16)18/h2-7,9-10,15H,8,11-13H2,1H3/t15-/m0/s1. The molecule has 4 rings (SSSR count). The fourth-order valence-corrected chi connectivity index (χ4v) is 3.57. The topological polar surface area (TPSA) is 59.0 Å². The first-order valence-corrected chi connectivity index (χ1v) is 8.62. The highest BCUT2D eigenvalue weighted by molar-refractivity contribution is 5.92. The Labute approximate surface area is 146 Å². The van der Waals surface area contributed by atoms with Crippen LogP contribution in [0.15, 0.2) is 48.8 Å². The Bertz CT molecular complexity index is 919. The van der Waals surface area contributed by atoms with E-state index in [4.69, 9.17) is 0 Å². The van der Waals surface area contributed by atoms with Crippen LogP contribution < -0.4 is 0 Å². The summed E-state index contributed by atoms with van der Waals surface area (Å²) in [6, 6.07) is 12.0. The van der Waals surface area contributed by atoms with Crippen molar-refractivity contribution in [2.45, 2.75) is 19.8 Å². The maximum Gasteiger partial charge on any atom is 0.272 e. The SMILES string of the molecule is Cc1nccc(C(=O)N2CC[C@@H](Cc3ccnc4ccccc34)C2)n1. The van der Waals surface area contributed by atoms with E-state index in [9.17, 15) is 4.79 Å². The van der Waals surface area contributed by atoms with Gasteiger partial charge in [-0.25, -0.2) is 9.97 Å². The van der Waals surface area contributed by atoms with Gasteiger partial charge in [-0.2, -0.15) is 0 Å². The van der Waals surface area contributed by atoms with E-state index in [1.807, 2.05) is 23.2 Å². The Morgan fingerprint density at radius 1 is 1.16 bits per heavy atom. The van der Waals surface area contributed by atoms with Crippen LogP contribution in [-0.2, 0) is 6.42 Å². The molecule has 2 aromatic heterocycles. The number of carbonyl (C=O) groups is 1. The van der Waals surface area contributed by atoms with E-state index < -0.39 is 0 Å². The third-order valence-corrected chi connectivity index (χ3v) is 4.82. The number of aromatic nitrogens is 3. The van der Waals surface area contributed by atoms with Gasteiger partial charge in [-0.1, -0.05) is 18.2 Å². The zero-order valence-corrected chi connectivity index (χ0v) is 14.2. The highest BCUT2D eigenvalue weighted by Gasteiger charge is 2.28. The molecule has 5 heteroatoms. The molecule has 1 amide bonds. The molecule has 3 aromatic rings. The second-order valence-corrected chi connectivity index (χ2v) is 6.59. The molecule has 0 N–H and O–H groups in total. The molecule has 0 aliphatic carbocycles. The minimum Gasteiger partial charge on any atom is -0.337 e. The molecular formula is C20H20N4O. The van der Waals surface area contributed by atoms with Crippen LogP contribution in [0.3, 0.4) is 0 Å². The van der Waals surface area contributed by atoms with Gasteiger partial charge in [0.25, 0.3) is 5.91 Å². The second kappa shape index (κ2) is 6.59. The van der Waals surface area contributed by atoms with Crippen molar-refractivity contribution in [3.05, 3.63) is 65.9 Å². The summed E-state index contributed by atoms with van der Waals surface area (Å²) in [5.74, 6) is 1.11. The van der Waals surface area contributed by atoms with Crippen LogP contribution >= 0.6 is 0 Å². The van der Waals surface area contributed by atoms with Crippen LogP contribution in [0.5, 0.6) is 0 Å². The summed E-state index contributed by atoms with van der Waals surface area (Å²) in [5.41, 5.74) is 2.83. The lowest BCUT2D eigenvalue weighted by Crippen LogP contribution is -2.29. The number of benzene rings is 1. The first-order valence-electron chi connectivity index (χ1n) is 8.62. The van der Waals surface area contributed by atoms with Crippen LogP contribution in [0.25, 0.3) is 10.9 Å². The predicted octanol–water partition coefficient (Wildman–Crippen LogP) is 3.04. The van der Waals surface area contributed by atoms with E-state index in [1.54, 1.807) is 19.2 Å². The molecule has 0 unspecified atom stereocenters. The average Bonchev–Trinajstić information content (AvgIpc) is 3.10. The van der Waals surface area contributed by atoms with Gasteiger partial charge in [0.05, 0.1) is 5.52 Å². The largest absolute Gasteiger partial charge is 0.337 e. The molecule has 1 aliphatic rings. The van der Waals surface area contributed by atoms with Gasteiger partial charge in [-0.05, 0) is 49.4 Å². The molecule has 126 valence electrons. The van der Waals surface area contributed by atoms with Crippen LogP contribution in [0.4, 0.5) is 0 Å². The third-order valence-electron chi connectivity index (χ3n) is 4.82. The number of nitrogens with zero attached hydrogens (tertiary/aromatic N) is 4. The predicted molar refractivity (Wildman–Crippen MR) is 96.2 cm³/mol. The third kappa shape index (κ3) is 3.22. The van der Waals surface area contributed by atoms with Crippen molar-refractivity contribution in [1.29, 1.82) is 0 Å². The van der Waals surface area contributed by atoms with Crippen molar-refractivity contribution in [3.63, 3.8) is 0 Å². The summed E-state index contributed by atoms with van der Waals surface area (Å²) in [7, 11) is 0. The lowest BCUT2D eigenvalue weighted by atomic mass is 9.96. The summed E-state index contributed by atoms with van der Waals surface area (Å²) in [4.78, 5) is 27.3. The fraction of sp³-hybridized carbons (Fsp3) is 0.300. The Balaban J connectivity index is 1.48. The van der Waals surface area contributed by atoms with Gasteiger partial charge in [0, 0.05) is 30.9 Å². The van der Waals surface area contributed by atoms with Gasteiger partial charge in [0.15, 0.2) is 0 Å². The smallest absolute Gasteiger partial charge is 0.272 e. The summed E-state index contributed by atoms with van der Waals surface area (Å²) < 4.78 is 0. The zero-order chi connectivity index (χ0) is 17.2. The van der Waals surface area contributed by atoms with Crippen molar-refractivity contribution in [1.82, 2.24) is 19.9 Å². The Morgan fingerprint density at radius 2 is 2.00 bits per heavy atom. The monoisotopic (exact) mass is 332 g/mol. The van der Waals surface area contributed by atoms with Crippen molar-refractivity contribution in [3.8, 4) is 0 Å². The Hall–Kier alpha value is -2.82. The first kappa shape index (κ1) is 15.7. The molecule has 5 nitrogen and oxygen atoms in total. The molecule has 0 saturated carbocycles. The van der Waals surface area contributed by atoms with Crippen molar-refractivity contribution >= 4 is 16.8 Å². The number of likely N-dealkylation sites (tertiary alicyclic amines) is 1. The molecule has 25 heavy (non-hydrogen) atoms. The van der Waals surface area contributed by atoms with E-state index in [1.165, 1.54) is 10.9 Å². The molecule has 0 spiro atoms. The molecule has 0 bridgehead atoms. The molecule has 0 radical (unpaired) electrons. The zero-order valence-electron chi connectivity index (χ0n) is 14.2. The molecular weight excluding hydrogens is 312 g/mol. The molecule has 3 heterocycles. The van der Waals surface area contributed by atoms with Gasteiger partial charge in [0.2, 0.25) is 0 Å². The van der Waals surface area contributed by atoms with Crippen LogP contribution in [0.1, 0.15) is 28.3 Å². The normalized spacial score (nSPS) is 17.2. The molecule has 1 atom stereocenters. The van der Waals surface area contributed by atoms with Crippen molar-refractivity contribution in [2.24, 2.45) is 5.92 Å². The van der Waals surface area contributed by atoms with E-state index in [2.05, 4.69) is 33.2 Å². The summed E-state index contributed by atoms with van der Waals surface area (Å²) in [5, 5.41) is 1.21. The number of hydrogen-bond acceptors (Lipinski definition) is 4. The van der Waals surface area contributed by atoms with E-state index >= 15 is 0 Å². The summed E-state index contributed by atoms with van der Waals surface area (Å²) in [6.45, 7) is 3.37. The molecule has 1 fully saturated rings. The van der Waals surface area contributed by atoms with Crippen molar-refractivity contribution < 1.29 is 4.79 Å². The minimum absolute atomic E-state index is 0.00702. The molecule has 1 saturated heterocycles. The van der Waals surface area contributed by atoms with E-state index in [-0.39, 0.29) is 5.91 Å². The van der Waals surface area contributed by atoms with Gasteiger partial charge >= 0.3 is 0 Å². The molecule has 1 aliphatic heterocycles. The number of carbonyl (C=O) groups excluding carboxylic acids is 1. The van der Waals surface area contributed by atoms with Gasteiger partial charge in [-0.3, -0.25) is 9.78 Å². The number of amides is 1. The number of fused-ring (bicyclic) bond motifs is 1. The lowest BCUT2D eigenvalue weighted by molar-refractivity contribution is 0.0781.